The summed E-state index contributed by atoms with van der Waals surface area (Å²) < 4.78 is 10.0. The van der Waals surface area contributed by atoms with Crippen LogP contribution in [0.2, 0.25) is 0 Å². The van der Waals surface area contributed by atoms with Gasteiger partial charge < -0.3 is 14.8 Å². The summed E-state index contributed by atoms with van der Waals surface area (Å²) in [6, 6.07) is 0. The van der Waals surface area contributed by atoms with Crippen molar-refractivity contribution >= 4 is 21.8 Å². The highest BCUT2D eigenvalue weighted by Crippen LogP contribution is 2.38. The number of carbonyl (C=O) groups excluding carboxylic acids is 1. The molecule has 1 N–H and O–H groups in total. The Kier molecular flexibility index (Phi) is 7.08. The Bertz CT molecular complexity index is 230. The molecule has 0 unspecified atom stereocenters. The number of carbonyl (C=O) groups is 1. The summed E-state index contributed by atoms with van der Waals surface area (Å²) in [5, 5.41) is 3.92. The Morgan fingerprint density at radius 3 is 2.65 bits per heavy atom. The highest BCUT2D eigenvalue weighted by Gasteiger charge is 2.32. The van der Waals surface area contributed by atoms with Gasteiger partial charge >= 0.3 is 0 Å². The van der Waals surface area contributed by atoms with E-state index in [0.29, 0.717) is 13.2 Å². The van der Waals surface area contributed by atoms with Gasteiger partial charge in [0.2, 0.25) is 5.91 Å². The summed E-state index contributed by atoms with van der Waals surface area (Å²) in [5.41, 5.74) is 0.266. The molecule has 0 aromatic carbocycles. The van der Waals surface area contributed by atoms with E-state index in [1.54, 1.807) is 7.11 Å². The first-order chi connectivity index (χ1) is 8.22. The van der Waals surface area contributed by atoms with Crippen LogP contribution < -0.4 is 5.32 Å². The molecule has 1 fully saturated rings. The standard InChI is InChI=1S/C12H22BrNO3/c1-16-6-7-17-8-11(15)14-10-12(9-13)4-2-3-5-12/h2-10H2,1H3,(H,14,15). The summed E-state index contributed by atoms with van der Waals surface area (Å²) in [7, 11) is 1.61. The molecule has 0 bridgehead atoms. The predicted octanol–water partition coefficient (Wildman–Crippen LogP) is 1.72. The number of amides is 1. The Labute approximate surface area is 112 Å². The average molecular weight is 308 g/mol. The van der Waals surface area contributed by atoms with E-state index in [1.165, 1.54) is 25.7 Å². The normalized spacial score (nSPS) is 18.2. The SMILES string of the molecule is COCCOCC(=O)NCC1(CBr)CCCC1. The van der Waals surface area contributed by atoms with Crippen LogP contribution in [0.5, 0.6) is 0 Å². The van der Waals surface area contributed by atoms with Crippen LogP contribution in [0.4, 0.5) is 0 Å². The van der Waals surface area contributed by atoms with Crippen molar-refractivity contribution in [2.45, 2.75) is 25.7 Å². The number of hydrogen-bond donors (Lipinski definition) is 1. The highest BCUT2D eigenvalue weighted by molar-refractivity contribution is 9.09. The lowest BCUT2D eigenvalue weighted by atomic mass is 9.89. The maximum atomic E-state index is 11.5. The van der Waals surface area contributed by atoms with Crippen molar-refractivity contribution in [1.29, 1.82) is 0 Å². The van der Waals surface area contributed by atoms with Crippen molar-refractivity contribution in [2.75, 3.05) is 38.8 Å². The summed E-state index contributed by atoms with van der Waals surface area (Å²) in [6.07, 6.45) is 4.93. The first-order valence-corrected chi connectivity index (χ1v) is 7.24. The van der Waals surface area contributed by atoms with Crippen LogP contribution in [0.3, 0.4) is 0 Å². The van der Waals surface area contributed by atoms with Crippen LogP contribution in [-0.4, -0.2) is 44.7 Å². The largest absolute Gasteiger partial charge is 0.382 e. The molecule has 0 radical (unpaired) electrons. The lowest BCUT2D eigenvalue weighted by Gasteiger charge is -2.26. The van der Waals surface area contributed by atoms with E-state index in [1.807, 2.05) is 0 Å². The van der Waals surface area contributed by atoms with Crippen molar-refractivity contribution in [2.24, 2.45) is 5.41 Å². The maximum absolute atomic E-state index is 11.5. The van der Waals surface area contributed by atoms with Gasteiger partial charge in [-0.15, -0.1) is 0 Å². The molecule has 1 saturated carbocycles. The molecular weight excluding hydrogens is 286 g/mol. The van der Waals surface area contributed by atoms with Gasteiger partial charge in [-0.25, -0.2) is 0 Å². The number of rotatable bonds is 8. The highest BCUT2D eigenvalue weighted by atomic mass is 79.9. The Hall–Kier alpha value is -0.130. The van der Waals surface area contributed by atoms with Crippen molar-refractivity contribution in [1.82, 2.24) is 5.32 Å². The fraction of sp³-hybridized carbons (Fsp3) is 0.917. The van der Waals surface area contributed by atoms with Crippen molar-refractivity contribution in [3.63, 3.8) is 0 Å². The fourth-order valence-corrected chi connectivity index (χ4v) is 2.89. The van der Waals surface area contributed by atoms with Gasteiger partial charge in [0.15, 0.2) is 0 Å². The van der Waals surface area contributed by atoms with Gasteiger partial charge in [0.05, 0.1) is 13.2 Å². The third-order valence-corrected chi connectivity index (χ3v) is 4.46. The summed E-state index contributed by atoms with van der Waals surface area (Å²) >= 11 is 3.56. The molecule has 0 spiro atoms. The summed E-state index contributed by atoms with van der Waals surface area (Å²) in [5.74, 6) is -0.0340. The number of alkyl halides is 1. The van der Waals surface area contributed by atoms with Crippen LogP contribution in [0.15, 0.2) is 0 Å². The van der Waals surface area contributed by atoms with Gasteiger partial charge in [-0.2, -0.15) is 0 Å². The molecular formula is C12H22BrNO3. The van der Waals surface area contributed by atoms with Gasteiger partial charge in [0.1, 0.15) is 6.61 Å². The van der Waals surface area contributed by atoms with Gasteiger partial charge in [-0.1, -0.05) is 28.8 Å². The van der Waals surface area contributed by atoms with Crippen LogP contribution in [0, 0.1) is 5.41 Å². The summed E-state index contributed by atoms with van der Waals surface area (Å²) in [6.45, 7) is 1.87. The molecule has 0 heterocycles. The van der Waals surface area contributed by atoms with Crippen LogP contribution in [-0.2, 0) is 14.3 Å². The molecule has 5 heteroatoms. The van der Waals surface area contributed by atoms with Crippen LogP contribution in [0.25, 0.3) is 0 Å². The first kappa shape index (κ1) is 14.9. The Balaban J connectivity index is 2.14. The van der Waals surface area contributed by atoms with E-state index in [0.717, 1.165) is 11.9 Å². The van der Waals surface area contributed by atoms with Crippen molar-refractivity contribution in [3.8, 4) is 0 Å². The minimum absolute atomic E-state index is 0.0340. The van der Waals surface area contributed by atoms with Gasteiger partial charge in [-0.05, 0) is 18.3 Å². The number of nitrogens with one attached hydrogen (secondary N) is 1. The van der Waals surface area contributed by atoms with E-state index in [2.05, 4.69) is 21.2 Å². The lowest BCUT2D eigenvalue weighted by Crippen LogP contribution is -2.38. The monoisotopic (exact) mass is 307 g/mol. The van der Waals surface area contributed by atoms with E-state index in [-0.39, 0.29) is 17.9 Å². The van der Waals surface area contributed by atoms with E-state index >= 15 is 0 Å². The predicted molar refractivity (Wildman–Crippen MR) is 70.4 cm³/mol. The number of ether oxygens (including phenoxy) is 2. The molecule has 0 aromatic heterocycles. The first-order valence-electron chi connectivity index (χ1n) is 6.12. The number of halogens is 1. The molecule has 1 amide bonds. The minimum atomic E-state index is -0.0340. The second-order valence-electron chi connectivity index (χ2n) is 4.66. The topological polar surface area (TPSA) is 47.6 Å². The minimum Gasteiger partial charge on any atom is -0.382 e. The quantitative estimate of drug-likeness (QED) is 0.549. The molecule has 1 aliphatic rings. The zero-order valence-corrected chi connectivity index (χ0v) is 12.1. The van der Waals surface area contributed by atoms with E-state index < -0.39 is 0 Å². The zero-order valence-electron chi connectivity index (χ0n) is 10.5. The van der Waals surface area contributed by atoms with Gasteiger partial charge in [0.25, 0.3) is 0 Å². The molecule has 17 heavy (non-hydrogen) atoms. The van der Waals surface area contributed by atoms with Gasteiger partial charge in [-0.3, -0.25) is 4.79 Å². The number of hydrogen-bond acceptors (Lipinski definition) is 3. The molecule has 1 aliphatic carbocycles. The average Bonchev–Trinajstić information content (AvgIpc) is 2.82. The fourth-order valence-electron chi connectivity index (χ4n) is 2.13. The molecule has 0 atom stereocenters. The smallest absolute Gasteiger partial charge is 0.246 e. The Morgan fingerprint density at radius 1 is 1.35 bits per heavy atom. The molecule has 100 valence electrons. The van der Waals surface area contributed by atoms with E-state index in [9.17, 15) is 4.79 Å². The molecule has 0 saturated heterocycles. The third-order valence-electron chi connectivity index (χ3n) is 3.27. The van der Waals surface area contributed by atoms with Crippen LogP contribution in [0.1, 0.15) is 25.7 Å². The summed E-state index contributed by atoms with van der Waals surface area (Å²) in [4.78, 5) is 11.5. The molecule has 1 rings (SSSR count). The van der Waals surface area contributed by atoms with Crippen molar-refractivity contribution < 1.29 is 14.3 Å². The van der Waals surface area contributed by atoms with Crippen LogP contribution >= 0.6 is 15.9 Å². The second kappa shape index (κ2) is 8.06. The van der Waals surface area contributed by atoms with E-state index in [4.69, 9.17) is 9.47 Å². The zero-order chi connectivity index (χ0) is 12.6. The third kappa shape index (κ3) is 5.36. The Morgan fingerprint density at radius 2 is 2.06 bits per heavy atom. The molecule has 4 nitrogen and oxygen atoms in total. The maximum Gasteiger partial charge on any atom is 0.246 e. The van der Waals surface area contributed by atoms with Gasteiger partial charge in [0, 0.05) is 19.0 Å². The molecule has 0 aliphatic heterocycles. The lowest BCUT2D eigenvalue weighted by molar-refractivity contribution is -0.126. The molecule has 0 aromatic rings. The second-order valence-corrected chi connectivity index (χ2v) is 5.22. The number of methoxy groups -OCH3 is 1. The van der Waals surface area contributed by atoms with Crippen molar-refractivity contribution in [3.05, 3.63) is 0 Å².